The summed E-state index contributed by atoms with van der Waals surface area (Å²) >= 11 is 0. The molecule has 3 aromatic rings. The zero-order valence-corrected chi connectivity index (χ0v) is 20.7. The van der Waals surface area contributed by atoms with Gasteiger partial charge in [0.1, 0.15) is 5.82 Å². The second-order valence-corrected chi connectivity index (χ2v) is 9.95. The zero-order valence-electron chi connectivity index (χ0n) is 19.5. The minimum absolute atomic E-state index is 0.255. The van der Waals surface area contributed by atoms with Crippen molar-refractivity contribution in [1.82, 2.24) is 0 Å². The topological polar surface area (TPSA) is 0 Å². The monoisotopic (exact) mass is 476 g/mol. The molecule has 34 heavy (non-hydrogen) atoms. The van der Waals surface area contributed by atoms with Crippen LogP contribution in [0.4, 0.5) is 13.2 Å². The van der Waals surface area contributed by atoms with Gasteiger partial charge in [0.15, 0.2) is 0 Å². The van der Waals surface area contributed by atoms with Crippen LogP contribution in [0.5, 0.6) is 0 Å². The number of fused-ring (bicyclic) bond motifs is 1. The molecule has 0 saturated heterocycles. The molecule has 174 valence electrons. The molecule has 1 atom stereocenters. The molecule has 1 aliphatic carbocycles. The van der Waals surface area contributed by atoms with Crippen LogP contribution in [0.25, 0.3) is 27.8 Å². The Hall–Kier alpha value is -2.90. The van der Waals surface area contributed by atoms with Gasteiger partial charge < -0.3 is 0 Å². The van der Waals surface area contributed by atoms with Crippen LogP contribution in [0.3, 0.4) is 0 Å². The van der Waals surface area contributed by atoms with E-state index in [-0.39, 0.29) is 18.7 Å². The van der Waals surface area contributed by atoms with E-state index in [4.69, 9.17) is 0 Å². The Bertz CT molecular complexity index is 1310. The quantitative estimate of drug-likeness (QED) is 0.299. The van der Waals surface area contributed by atoms with Gasteiger partial charge in [-0.3, -0.25) is 0 Å². The Labute approximate surface area is 202 Å². The van der Waals surface area contributed by atoms with Crippen molar-refractivity contribution in [3.8, 4) is 11.1 Å². The van der Waals surface area contributed by atoms with Gasteiger partial charge in [-0.25, -0.2) is 13.2 Å². The minimum atomic E-state index is -2.82. The number of hydrogen-bond donors (Lipinski definition) is 0. The van der Waals surface area contributed by atoms with Crippen LogP contribution in [0.1, 0.15) is 48.1 Å². The second kappa shape index (κ2) is 9.39. The highest BCUT2D eigenvalue weighted by atomic mass is 31.0. The summed E-state index contributed by atoms with van der Waals surface area (Å²) in [6.45, 7) is 12.2. The van der Waals surface area contributed by atoms with E-state index in [1.54, 1.807) is 21.4 Å². The fourth-order valence-corrected chi connectivity index (χ4v) is 4.77. The van der Waals surface area contributed by atoms with Gasteiger partial charge in [-0.2, -0.15) is 0 Å². The largest absolute Gasteiger partial charge is 0.259 e. The van der Waals surface area contributed by atoms with Crippen molar-refractivity contribution in [3.05, 3.63) is 113 Å². The molecule has 0 bridgehead atoms. The molecule has 4 heteroatoms. The third-order valence-electron chi connectivity index (χ3n) is 6.28. The number of aryl methyl sites for hydroxylation is 1. The predicted octanol–water partition coefficient (Wildman–Crippen LogP) is 8.97. The van der Waals surface area contributed by atoms with E-state index in [9.17, 15) is 13.2 Å². The molecule has 4 rings (SSSR count). The maximum atomic E-state index is 13.8. The summed E-state index contributed by atoms with van der Waals surface area (Å²) in [7, 11) is 1.64. The molecular formula is C30H28F3P. The third kappa shape index (κ3) is 5.10. The highest BCUT2D eigenvalue weighted by Crippen LogP contribution is 2.45. The molecule has 0 aliphatic heterocycles. The standard InChI is InChI=1S/C30H28F3P/c1-18(2)21-6-5-7-22(14-21)26-17-28-24(15-23(26)12-13-30(32,33)34)16-27(29(28)19(3)4)20-8-10-25(31)11-9-20/h5-11,14-15,17H,1,3,12-13,16,34H2,2,4H3. The van der Waals surface area contributed by atoms with Crippen molar-refractivity contribution in [1.29, 1.82) is 0 Å². The SMILES string of the molecule is C=C(C)C1=C(c2ccc(F)cc2)Cc2cc(CCC(F)(F)P)c(-c3cccc(C(=C)C)c3)cc21. The van der Waals surface area contributed by atoms with Crippen LogP contribution in [0.2, 0.25) is 0 Å². The maximum Gasteiger partial charge on any atom is 0.259 e. The van der Waals surface area contributed by atoms with Gasteiger partial charge in [0.2, 0.25) is 0 Å². The third-order valence-corrected chi connectivity index (χ3v) is 6.57. The van der Waals surface area contributed by atoms with Crippen molar-refractivity contribution in [2.45, 2.75) is 38.8 Å². The summed E-state index contributed by atoms with van der Waals surface area (Å²) in [6, 6.07) is 18.7. The van der Waals surface area contributed by atoms with Crippen molar-refractivity contribution in [2.75, 3.05) is 0 Å². The number of hydrogen-bond acceptors (Lipinski definition) is 0. The van der Waals surface area contributed by atoms with Crippen LogP contribution < -0.4 is 0 Å². The highest BCUT2D eigenvalue weighted by Gasteiger charge is 2.27. The summed E-state index contributed by atoms with van der Waals surface area (Å²) in [5, 5.41) is 0. The van der Waals surface area contributed by atoms with Gasteiger partial charge in [-0.05, 0) is 101 Å². The van der Waals surface area contributed by atoms with E-state index in [2.05, 4.69) is 31.4 Å². The molecule has 0 radical (unpaired) electrons. The fourth-order valence-electron chi connectivity index (χ4n) is 4.63. The van der Waals surface area contributed by atoms with E-state index in [0.29, 0.717) is 6.42 Å². The lowest BCUT2D eigenvalue weighted by Gasteiger charge is -2.17. The van der Waals surface area contributed by atoms with Crippen molar-refractivity contribution in [2.24, 2.45) is 0 Å². The van der Waals surface area contributed by atoms with Crippen molar-refractivity contribution in [3.63, 3.8) is 0 Å². The summed E-state index contributed by atoms with van der Waals surface area (Å²) in [5.41, 5.74) is 8.07. The van der Waals surface area contributed by atoms with Crippen molar-refractivity contribution < 1.29 is 13.2 Å². The van der Waals surface area contributed by atoms with Crippen molar-refractivity contribution >= 4 is 26.0 Å². The van der Waals surface area contributed by atoms with Crippen LogP contribution >= 0.6 is 9.24 Å². The minimum Gasteiger partial charge on any atom is -0.207 e. The fraction of sp³-hybridized carbons (Fsp3) is 0.200. The van der Waals surface area contributed by atoms with Gasteiger partial charge in [-0.15, -0.1) is 0 Å². The van der Waals surface area contributed by atoms with Gasteiger partial charge in [0.05, 0.1) is 0 Å². The molecule has 0 nitrogen and oxygen atoms in total. The van der Waals surface area contributed by atoms with Crippen LogP contribution in [0, 0.1) is 5.82 Å². The molecule has 0 fully saturated rings. The molecule has 0 saturated carbocycles. The molecule has 3 aromatic carbocycles. The predicted molar refractivity (Wildman–Crippen MR) is 141 cm³/mol. The van der Waals surface area contributed by atoms with E-state index >= 15 is 0 Å². The Balaban J connectivity index is 1.89. The first-order valence-corrected chi connectivity index (χ1v) is 11.9. The Morgan fingerprint density at radius 3 is 2.24 bits per heavy atom. The first-order chi connectivity index (χ1) is 16.0. The molecule has 1 unspecified atom stereocenters. The van der Waals surface area contributed by atoms with Crippen LogP contribution in [0.15, 0.2) is 79.4 Å². The van der Waals surface area contributed by atoms with Crippen LogP contribution in [-0.4, -0.2) is 5.66 Å². The van der Waals surface area contributed by atoms with Gasteiger partial charge in [0.25, 0.3) is 5.66 Å². The van der Waals surface area contributed by atoms with E-state index in [1.165, 1.54) is 12.1 Å². The first-order valence-electron chi connectivity index (χ1n) is 11.3. The Morgan fingerprint density at radius 1 is 0.912 bits per heavy atom. The van der Waals surface area contributed by atoms with Gasteiger partial charge in [0, 0.05) is 6.42 Å². The number of allylic oxidation sites excluding steroid dienone is 4. The Kier molecular flexibility index (Phi) is 6.69. The summed E-state index contributed by atoms with van der Waals surface area (Å²) in [6.07, 6.45) is 0.652. The molecule has 1 aliphatic rings. The van der Waals surface area contributed by atoms with E-state index in [0.717, 1.165) is 61.2 Å². The molecule has 0 aromatic heterocycles. The molecule has 0 spiro atoms. The zero-order chi connectivity index (χ0) is 24.6. The number of benzene rings is 3. The van der Waals surface area contributed by atoms with Gasteiger partial charge in [-0.1, -0.05) is 69.9 Å². The van der Waals surface area contributed by atoms with Gasteiger partial charge >= 0.3 is 0 Å². The average Bonchev–Trinajstić information content (AvgIpc) is 3.15. The van der Waals surface area contributed by atoms with E-state index < -0.39 is 5.66 Å². The second-order valence-electron chi connectivity index (χ2n) is 9.11. The molecule has 0 amide bonds. The lowest BCUT2D eigenvalue weighted by molar-refractivity contribution is 0.0948. The number of rotatable bonds is 7. The molecule has 0 heterocycles. The number of alkyl halides is 2. The van der Waals surface area contributed by atoms with E-state index in [1.807, 2.05) is 32.0 Å². The molecule has 0 N–H and O–H groups in total. The smallest absolute Gasteiger partial charge is 0.207 e. The van der Waals surface area contributed by atoms with Crippen LogP contribution in [-0.2, 0) is 12.8 Å². The summed E-state index contributed by atoms with van der Waals surface area (Å²) < 4.78 is 41.1. The highest BCUT2D eigenvalue weighted by molar-refractivity contribution is 7.18. The Morgan fingerprint density at radius 2 is 1.62 bits per heavy atom. The first kappa shape index (κ1) is 24.2. The summed E-state index contributed by atoms with van der Waals surface area (Å²) in [5.74, 6) is -0.280. The molecular weight excluding hydrogens is 448 g/mol. The lowest BCUT2D eigenvalue weighted by atomic mass is 9.89. The summed E-state index contributed by atoms with van der Waals surface area (Å²) in [4.78, 5) is 0. The maximum absolute atomic E-state index is 13.8. The average molecular weight is 477 g/mol. The normalized spacial score (nSPS) is 13.2. The number of halogens is 3. The lowest BCUT2D eigenvalue weighted by Crippen LogP contribution is -2.07.